The molecule has 2 rings (SSSR count). The number of nitrogens with one attached hydrogen (secondary N) is 1. The van der Waals surface area contributed by atoms with Crippen molar-refractivity contribution in [2.24, 2.45) is 0 Å². The van der Waals surface area contributed by atoms with Gasteiger partial charge in [0.05, 0.1) is 5.69 Å². The van der Waals surface area contributed by atoms with Gasteiger partial charge >= 0.3 is 0 Å². The third-order valence-corrected chi connectivity index (χ3v) is 3.18. The summed E-state index contributed by atoms with van der Waals surface area (Å²) in [6.07, 6.45) is 6.78. The standard InChI is InChI=1S/C13H22N2O/c1-13(2,3)15-8-11-12(16-9-14-11)10-6-4-5-7-10/h9-10,15H,4-8H2,1-3H3. The molecule has 16 heavy (non-hydrogen) atoms. The second-order valence-electron chi connectivity index (χ2n) is 5.75. The second-order valence-corrected chi connectivity index (χ2v) is 5.75. The highest BCUT2D eigenvalue weighted by Crippen LogP contribution is 2.35. The Bertz CT molecular complexity index is 332. The van der Waals surface area contributed by atoms with E-state index in [4.69, 9.17) is 4.42 Å². The van der Waals surface area contributed by atoms with Crippen LogP contribution in [0.2, 0.25) is 0 Å². The summed E-state index contributed by atoms with van der Waals surface area (Å²) >= 11 is 0. The van der Waals surface area contributed by atoms with E-state index >= 15 is 0 Å². The monoisotopic (exact) mass is 222 g/mol. The summed E-state index contributed by atoms with van der Waals surface area (Å²) in [5.74, 6) is 1.73. The van der Waals surface area contributed by atoms with Crippen LogP contribution >= 0.6 is 0 Å². The first kappa shape index (κ1) is 11.6. The molecule has 1 N–H and O–H groups in total. The highest BCUT2D eigenvalue weighted by atomic mass is 16.3. The van der Waals surface area contributed by atoms with Gasteiger partial charge in [0.2, 0.25) is 0 Å². The number of rotatable bonds is 3. The fraction of sp³-hybridized carbons (Fsp3) is 0.769. The molecule has 1 fully saturated rings. The molecule has 0 radical (unpaired) electrons. The van der Waals surface area contributed by atoms with Crippen molar-refractivity contribution in [3.8, 4) is 0 Å². The Balaban J connectivity index is 2.01. The van der Waals surface area contributed by atoms with Gasteiger partial charge < -0.3 is 9.73 Å². The minimum atomic E-state index is 0.131. The Labute approximate surface area is 97.6 Å². The molecule has 1 saturated carbocycles. The average Bonchev–Trinajstić information content (AvgIpc) is 2.84. The smallest absolute Gasteiger partial charge is 0.181 e. The molecule has 90 valence electrons. The molecule has 0 aliphatic heterocycles. The van der Waals surface area contributed by atoms with Crippen molar-refractivity contribution in [3.63, 3.8) is 0 Å². The van der Waals surface area contributed by atoms with Crippen molar-refractivity contribution in [1.29, 1.82) is 0 Å². The zero-order valence-corrected chi connectivity index (χ0v) is 10.5. The molecule has 0 aromatic carbocycles. The summed E-state index contributed by atoms with van der Waals surface area (Å²) in [5, 5.41) is 3.47. The molecular formula is C13H22N2O. The number of nitrogens with zero attached hydrogens (tertiary/aromatic N) is 1. The van der Waals surface area contributed by atoms with Crippen molar-refractivity contribution < 1.29 is 4.42 Å². The molecule has 0 unspecified atom stereocenters. The van der Waals surface area contributed by atoms with E-state index in [0.29, 0.717) is 5.92 Å². The Hall–Kier alpha value is -0.830. The number of hydrogen-bond donors (Lipinski definition) is 1. The van der Waals surface area contributed by atoms with Crippen LogP contribution < -0.4 is 5.32 Å². The maximum Gasteiger partial charge on any atom is 0.181 e. The highest BCUT2D eigenvalue weighted by Gasteiger charge is 2.24. The zero-order valence-electron chi connectivity index (χ0n) is 10.5. The van der Waals surface area contributed by atoms with Gasteiger partial charge in [0, 0.05) is 18.0 Å². The molecule has 1 aromatic heterocycles. The maximum absolute atomic E-state index is 5.56. The molecule has 0 bridgehead atoms. The van der Waals surface area contributed by atoms with Gasteiger partial charge in [-0.25, -0.2) is 4.98 Å². The lowest BCUT2D eigenvalue weighted by atomic mass is 10.0. The van der Waals surface area contributed by atoms with Crippen LogP contribution in [0.4, 0.5) is 0 Å². The van der Waals surface area contributed by atoms with Crippen LogP contribution in [0.25, 0.3) is 0 Å². The lowest BCUT2D eigenvalue weighted by molar-refractivity contribution is 0.412. The van der Waals surface area contributed by atoms with Crippen molar-refractivity contribution >= 4 is 0 Å². The highest BCUT2D eigenvalue weighted by molar-refractivity contribution is 5.14. The zero-order chi connectivity index (χ0) is 11.6. The average molecular weight is 222 g/mol. The summed E-state index contributed by atoms with van der Waals surface area (Å²) < 4.78 is 5.56. The van der Waals surface area contributed by atoms with E-state index in [2.05, 4.69) is 31.1 Å². The first-order valence-electron chi connectivity index (χ1n) is 6.23. The minimum Gasteiger partial charge on any atom is -0.448 e. The Morgan fingerprint density at radius 1 is 1.38 bits per heavy atom. The Morgan fingerprint density at radius 3 is 2.69 bits per heavy atom. The summed E-state index contributed by atoms with van der Waals surface area (Å²) in [6.45, 7) is 7.32. The second kappa shape index (κ2) is 4.58. The van der Waals surface area contributed by atoms with E-state index in [1.54, 1.807) is 6.39 Å². The van der Waals surface area contributed by atoms with Crippen LogP contribution in [0, 0.1) is 0 Å². The normalized spacial score (nSPS) is 18.2. The van der Waals surface area contributed by atoms with Gasteiger partial charge in [0.25, 0.3) is 0 Å². The Morgan fingerprint density at radius 2 is 2.06 bits per heavy atom. The fourth-order valence-electron chi connectivity index (χ4n) is 2.28. The van der Waals surface area contributed by atoms with Crippen LogP contribution in [0.1, 0.15) is 63.8 Å². The van der Waals surface area contributed by atoms with E-state index < -0.39 is 0 Å². The molecule has 0 amide bonds. The molecule has 3 nitrogen and oxygen atoms in total. The van der Waals surface area contributed by atoms with Gasteiger partial charge in [-0.15, -0.1) is 0 Å². The van der Waals surface area contributed by atoms with Gasteiger partial charge in [-0.3, -0.25) is 0 Å². The molecule has 1 heterocycles. The van der Waals surface area contributed by atoms with E-state index in [0.717, 1.165) is 18.0 Å². The predicted molar refractivity (Wildman–Crippen MR) is 64.3 cm³/mol. The SMILES string of the molecule is CC(C)(C)NCc1ncoc1C1CCCC1. The number of hydrogen-bond acceptors (Lipinski definition) is 3. The van der Waals surface area contributed by atoms with Crippen LogP contribution in [0.3, 0.4) is 0 Å². The molecule has 3 heteroatoms. The van der Waals surface area contributed by atoms with E-state index in [1.165, 1.54) is 25.7 Å². The van der Waals surface area contributed by atoms with E-state index in [-0.39, 0.29) is 5.54 Å². The third-order valence-electron chi connectivity index (χ3n) is 3.18. The fourth-order valence-corrected chi connectivity index (χ4v) is 2.28. The summed E-state index contributed by atoms with van der Waals surface area (Å²) in [4.78, 5) is 4.33. The van der Waals surface area contributed by atoms with Gasteiger partial charge in [-0.05, 0) is 33.6 Å². The number of aromatic nitrogens is 1. The van der Waals surface area contributed by atoms with Crippen molar-refractivity contribution in [1.82, 2.24) is 10.3 Å². The Kier molecular flexibility index (Phi) is 3.33. The summed E-state index contributed by atoms with van der Waals surface area (Å²) in [5.41, 5.74) is 1.23. The summed E-state index contributed by atoms with van der Waals surface area (Å²) in [7, 11) is 0. The van der Waals surface area contributed by atoms with Gasteiger partial charge in [-0.1, -0.05) is 12.8 Å². The van der Waals surface area contributed by atoms with Crippen LogP contribution in [0.5, 0.6) is 0 Å². The molecule has 1 aliphatic carbocycles. The van der Waals surface area contributed by atoms with Crippen LogP contribution in [0.15, 0.2) is 10.8 Å². The molecule has 1 aliphatic rings. The van der Waals surface area contributed by atoms with Crippen molar-refractivity contribution in [2.75, 3.05) is 0 Å². The topological polar surface area (TPSA) is 38.1 Å². The molecule has 0 spiro atoms. The largest absolute Gasteiger partial charge is 0.448 e. The van der Waals surface area contributed by atoms with E-state index in [1.807, 2.05) is 0 Å². The minimum absolute atomic E-state index is 0.131. The third kappa shape index (κ3) is 2.85. The first-order valence-corrected chi connectivity index (χ1v) is 6.23. The van der Waals surface area contributed by atoms with Crippen molar-refractivity contribution in [3.05, 3.63) is 17.8 Å². The van der Waals surface area contributed by atoms with Gasteiger partial charge in [0.1, 0.15) is 5.76 Å². The quantitative estimate of drug-likeness (QED) is 0.853. The maximum atomic E-state index is 5.56. The summed E-state index contributed by atoms with van der Waals surface area (Å²) in [6, 6.07) is 0. The predicted octanol–water partition coefficient (Wildman–Crippen LogP) is 3.22. The molecule has 0 atom stereocenters. The molecule has 1 aromatic rings. The first-order chi connectivity index (χ1) is 7.56. The lowest BCUT2D eigenvalue weighted by Gasteiger charge is -2.20. The van der Waals surface area contributed by atoms with Crippen LogP contribution in [-0.4, -0.2) is 10.5 Å². The molecular weight excluding hydrogens is 200 g/mol. The number of oxazole rings is 1. The molecule has 0 saturated heterocycles. The van der Waals surface area contributed by atoms with E-state index in [9.17, 15) is 0 Å². The van der Waals surface area contributed by atoms with Gasteiger partial charge in [0.15, 0.2) is 6.39 Å². The van der Waals surface area contributed by atoms with Crippen molar-refractivity contribution in [2.45, 2.75) is 64.5 Å². The van der Waals surface area contributed by atoms with Gasteiger partial charge in [-0.2, -0.15) is 0 Å². The van der Waals surface area contributed by atoms with Crippen LogP contribution in [-0.2, 0) is 6.54 Å². The lowest BCUT2D eigenvalue weighted by Crippen LogP contribution is -2.35.